The van der Waals surface area contributed by atoms with Gasteiger partial charge in [-0.1, -0.05) is 17.8 Å². The lowest BCUT2D eigenvalue weighted by Crippen LogP contribution is -2.13. The minimum Gasteiger partial charge on any atom is -0.756 e. The largest absolute Gasteiger partial charge is 0.756 e. The van der Waals surface area contributed by atoms with Crippen LogP contribution in [0.1, 0.15) is 32.1 Å². The summed E-state index contributed by atoms with van der Waals surface area (Å²) in [4.78, 5) is 11.9. The third kappa shape index (κ3) is 3.88. The predicted octanol–water partition coefficient (Wildman–Crippen LogP) is 2.45. The first-order valence-electron chi connectivity index (χ1n) is 4.60. The summed E-state index contributed by atoms with van der Waals surface area (Å²) in [5.74, 6) is 0. The molecule has 0 N–H and O–H groups in total. The van der Waals surface area contributed by atoms with Gasteiger partial charge in [0.15, 0.2) is 16.2 Å². The van der Waals surface area contributed by atoms with Crippen LogP contribution < -0.4 is 4.89 Å². The molecule has 0 aromatic heterocycles. The SMILES string of the molecule is COP([O-])(SC)=[S+]C1CCCCC1. The zero-order chi connectivity index (χ0) is 9.73. The maximum absolute atomic E-state index is 11.9. The standard InChI is InChI=1S/C8H17O2PS2/c1-10-11(9,12-2)13-8-6-4-3-5-7-8/h8H,3-7H2,1-2H3. The zero-order valence-corrected chi connectivity index (χ0v) is 10.7. The van der Waals surface area contributed by atoms with Crippen molar-refractivity contribution >= 4 is 28.0 Å². The van der Waals surface area contributed by atoms with E-state index in [1.165, 1.54) is 43.5 Å². The van der Waals surface area contributed by atoms with Crippen LogP contribution in [0.5, 0.6) is 0 Å². The van der Waals surface area contributed by atoms with Gasteiger partial charge in [0.1, 0.15) is 0 Å². The van der Waals surface area contributed by atoms with Crippen molar-refractivity contribution in [1.82, 2.24) is 0 Å². The van der Waals surface area contributed by atoms with Crippen LogP contribution in [-0.4, -0.2) is 18.6 Å². The Balaban J connectivity index is 2.59. The van der Waals surface area contributed by atoms with E-state index in [0.29, 0.717) is 5.25 Å². The van der Waals surface area contributed by atoms with Gasteiger partial charge in [-0.25, -0.2) is 0 Å². The van der Waals surface area contributed by atoms with Crippen LogP contribution in [0, 0.1) is 0 Å². The molecule has 78 valence electrons. The van der Waals surface area contributed by atoms with Crippen molar-refractivity contribution in [2.24, 2.45) is 0 Å². The highest BCUT2D eigenvalue weighted by molar-refractivity contribution is 8.69. The molecule has 1 fully saturated rings. The highest BCUT2D eigenvalue weighted by atomic mass is 32.9. The molecule has 0 aromatic rings. The fourth-order valence-corrected chi connectivity index (χ4v) is 7.31. The Bertz CT molecular complexity index is 194. The highest BCUT2D eigenvalue weighted by Gasteiger charge is 2.25. The van der Waals surface area contributed by atoms with Crippen LogP contribution in [0.4, 0.5) is 0 Å². The van der Waals surface area contributed by atoms with Gasteiger partial charge >= 0.3 is 0 Å². The second-order valence-corrected chi connectivity index (χ2v) is 11.0. The summed E-state index contributed by atoms with van der Waals surface area (Å²) in [6.45, 7) is 0. The lowest BCUT2D eigenvalue weighted by atomic mass is 10.0. The molecule has 1 unspecified atom stereocenters. The Morgan fingerprint density at radius 3 is 2.46 bits per heavy atom. The van der Waals surface area contributed by atoms with Crippen LogP contribution in [0.3, 0.4) is 0 Å². The molecule has 1 aliphatic rings. The second kappa shape index (κ2) is 5.72. The molecule has 0 saturated heterocycles. The lowest BCUT2D eigenvalue weighted by molar-refractivity contribution is -0.172. The van der Waals surface area contributed by atoms with Crippen LogP contribution in [0.2, 0.25) is 0 Å². The third-order valence-electron chi connectivity index (χ3n) is 2.28. The van der Waals surface area contributed by atoms with Crippen molar-refractivity contribution in [2.45, 2.75) is 37.4 Å². The van der Waals surface area contributed by atoms with Crippen molar-refractivity contribution in [2.75, 3.05) is 13.4 Å². The molecule has 0 aromatic carbocycles. The van der Waals surface area contributed by atoms with Gasteiger partial charge < -0.3 is 9.42 Å². The first kappa shape index (κ1) is 12.0. The first-order valence-corrected chi connectivity index (χ1v) is 9.54. The second-order valence-electron chi connectivity index (χ2n) is 3.18. The summed E-state index contributed by atoms with van der Waals surface area (Å²) in [6.07, 6.45) is 8.19. The molecule has 1 rings (SSSR count). The fourth-order valence-electron chi connectivity index (χ4n) is 1.51. The Morgan fingerprint density at radius 2 is 2.00 bits per heavy atom. The fraction of sp³-hybridized carbons (Fsp3) is 1.00. The zero-order valence-electron chi connectivity index (χ0n) is 8.19. The first-order chi connectivity index (χ1) is 6.20. The summed E-state index contributed by atoms with van der Waals surface area (Å²) in [6, 6.07) is 0. The molecular formula is C8H17O2PS2. The normalized spacial score (nSPS) is 23.9. The molecule has 5 heteroatoms. The summed E-state index contributed by atoms with van der Waals surface area (Å²) in [5.41, 5.74) is -2.42. The van der Waals surface area contributed by atoms with Crippen molar-refractivity contribution < 1.29 is 9.42 Å². The molecule has 1 atom stereocenters. The molecule has 0 heterocycles. The average molecular weight is 240 g/mol. The minimum absolute atomic E-state index is 0.562. The van der Waals surface area contributed by atoms with E-state index in [1.807, 2.05) is 6.26 Å². The Morgan fingerprint density at radius 1 is 1.38 bits per heavy atom. The third-order valence-corrected chi connectivity index (χ3v) is 10.2. The Kier molecular flexibility index (Phi) is 5.27. The summed E-state index contributed by atoms with van der Waals surface area (Å²) < 4.78 is 5.07. The number of hydrogen-bond donors (Lipinski definition) is 0. The molecule has 1 saturated carbocycles. The van der Waals surface area contributed by atoms with Gasteiger partial charge in [-0.15, -0.1) is 0 Å². The summed E-state index contributed by atoms with van der Waals surface area (Å²) in [5, 5.41) is 0.562. The number of rotatable bonds is 3. The Hall–Kier alpha value is 0.920. The van der Waals surface area contributed by atoms with E-state index in [1.54, 1.807) is 18.0 Å². The maximum Gasteiger partial charge on any atom is 0.240 e. The van der Waals surface area contributed by atoms with E-state index < -0.39 is 5.69 Å². The van der Waals surface area contributed by atoms with E-state index in [-0.39, 0.29) is 0 Å². The molecule has 0 amide bonds. The van der Waals surface area contributed by atoms with Gasteiger partial charge in [0.05, 0.1) is 0 Å². The molecule has 13 heavy (non-hydrogen) atoms. The van der Waals surface area contributed by atoms with Gasteiger partial charge in [0.25, 0.3) is 0 Å². The van der Waals surface area contributed by atoms with E-state index in [0.717, 1.165) is 0 Å². The minimum atomic E-state index is -2.42. The molecule has 0 radical (unpaired) electrons. The topological polar surface area (TPSA) is 32.3 Å². The van der Waals surface area contributed by atoms with Gasteiger partial charge in [-0.05, 0) is 19.1 Å². The summed E-state index contributed by atoms with van der Waals surface area (Å²) >= 11 is 1.36. The molecule has 1 aliphatic carbocycles. The van der Waals surface area contributed by atoms with Crippen LogP contribution >= 0.6 is 17.1 Å². The maximum atomic E-state index is 11.9. The van der Waals surface area contributed by atoms with Crippen LogP contribution in [0.15, 0.2) is 0 Å². The van der Waals surface area contributed by atoms with E-state index in [2.05, 4.69) is 0 Å². The molecule has 0 aliphatic heterocycles. The molecule has 0 bridgehead atoms. The quantitative estimate of drug-likeness (QED) is 0.561. The van der Waals surface area contributed by atoms with Crippen molar-refractivity contribution in [3.05, 3.63) is 0 Å². The lowest BCUT2D eigenvalue weighted by Gasteiger charge is -2.18. The monoisotopic (exact) mass is 240 g/mol. The summed E-state index contributed by atoms with van der Waals surface area (Å²) in [7, 11) is 3.11. The number of hydrogen-bond acceptors (Lipinski definition) is 3. The molecular weight excluding hydrogens is 223 g/mol. The average Bonchev–Trinajstić information content (AvgIpc) is 2.19. The van der Waals surface area contributed by atoms with Crippen molar-refractivity contribution in [3.8, 4) is 0 Å². The highest BCUT2D eigenvalue weighted by Crippen LogP contribution is 2.52. The Labute approximate surface area is 88.3 Å². The van der Waals surface area contributed by atoms with E-state index in [4.69, 9.17) is 4.52 Å². The van der Waals surface area contributed by atoms with Gasteiger partial charge in [-0.2, -0.15) is 0 Å². The molecule has 0 spiro atoms. The molecule has 2 nitrogen and oxygen atoms in total. The van der Waals surface area contributed by atoms with E-state index >= 15 is 0 Å². The van der Waals surface area contributed by atoms with Crippen molar-refractivity contribution in [3.63, 3.8) is 0 Å². The van der Waals surface area contributed by atoms with Crippen molar-refractivity contribution in [1.29, 1.82) is 0 Å². The smallest absolute Gasteiger partial charge is 0.240 e. The van der Waals surface area contributed by atoms with Gasteiger partial charge in [0.2, 0.25) is 5.69 Å². The van der Waals surface area contributed by atoms with E-state index in [9.17, 15) is 4.89 Å². The van der Waals surface area contributed by atoms with Crippen LogP contribution in [0.25, 0.3) is 0 Å². The van der Waals surface area contributed by atoms with Gasteiger partial charge in [-0.3, -0.25) is 0 Å². The van der Waals surface area contributed by atoms with Crippen LogP contribution in [-0.2, 0) is 15.5 Å². The van der Waals surface area contributed by atoms with Gasteiger partial charge in [0, 0.05) is 20.0 Å². The predicted molar refractivity (Wildman–Crippen MR) is 61.7 cm³/mol.